The summed E-state index contributed by atoms with van der Waals surface area (Å²) in [7, 11) is 1.44. The molecule has 2 saturated carbocycles. The van der Waals surface area contributed by atoms with E-state index in [9.17, 15) is 15.0 Å². The van der Waals surface area contributed by atoms with Crippen molar-refractivity contribution in [1.29, 1.82) is 0 Å². The third-order valence-corrected chi connectivity index (χ3v) is 7.72. The zero-order valence-electron chi connectivity index (χ0n) is 17.9. The number of esters is 1. The maximum Gasteiger partial charge on any atom is 0.338 e. The normalized spacial score (nSPS) is 40.7. The fourth-order valence-corrected chi connectivity index (χ4v) is 5.84. The van der Waals surface area contributed by atoms with Gasteiger partial charge in [0.1, 0.15) is 6.10 Å². The first-order valence-electron chi connectivity index (χ1n) is 10.5. The second kappa shape index (κ2) is 6.61. The number of ether oxygens (including phenoxy) is 3. The smallest absolute Gasteiger partial charge is 0.338 e. The number of aliphatic hydroxyl groups is 1. The van der Waals surface area contributed by atoms with Crippen LogP contribution in [0.5, 0.6) is 11.5 Å². The maximum atomic E-state index is 13.0. The van der Waals surface area contributed by atoms with Gasteiger partial charge in [0.2, 0.25) is 0 Å². The molecule has 160 valence electrons. The van der Waals surface area contributed by atoms with Crippen molar-refractivity contribution in [3.8, 4) is 11.5 Å². The molecule has 0 radical (unpaired) electrons. The van der Waals surface area contributed by atoms with E-state index in [-0.39, 0.29) is 40.5 Å². The van der Waals surface area contributed by atoms with Crippen LogP contribution in [0, 0.1) is 17.3 Å². The highest BCUT2D eigenvalue weighted by Gasteiger charge is 2.68. The Bertz CT molecular complexity index is 822. The summed E-state index contributed by atoms with van der Waals surface area (Å²) < 4.78 is 17.2. The second-order valence-electron chi connectivity index (χ2n) is 9.94. The number of hydrogen-bond donors (Lipinski definition) is 2. The number of rotatable bonds is 4. The van der Waals surface area contributed by atoms with Gasteiger partial charge in [-0.1, -0.05) is 20.8 Å². The lowest BCUT2D eigenvalue weighted by Gasteiger charge is -2.44. The van der Waals surface area contributed by atoms with E-state index in [2.05, 4.69) is 13.8 Å². The van der Waals surface area contributed by atoms with Crippen LogP contribution in [-0.4, -0.2) is 46.7 Å². The number of aromatic hydroxyl groups is 1. The minimum atomic E-state index is -0.876. The van der Waals surface area contributed by atoms with E-state index in [0.717, 1.165) is 12.8 Å². The number of phenols is 1. The lowest BCUT2D eigenvalue weighted by Crippen LogP contribution is -2.50. The summed E-state index contributed by atoms with van der Waals surface area (Å²) in [6, 6.07) is 4.43. The van der Waals surface area contributed by atoms with Crippen LogP contribution in [0.25, 0.3) is 0 Å². The first-order valence-corrected chi connectivity index (χ1v) is 10.5. The quantitative estimate of drug-likeness (QED) is 0.588. The van der Waals surface area contributed by atoms with Crippen LogP contribution in [0.1, 0.15) is 63.7 Å². The summed E-state index contributed by atoms with van der Waals surface area (Å²) >= 11 is 0. The maximum absolute atomic E-state index is 13.0. The van der Waals surface area contributed by atoms with E-state index in [0.29, 0.717) is 18.4 Å². The minimum Gasteiger partial charge on any atom is -0.504 e. The van der Waals surface area contributed by atoms with Crippen LogP contribution < -0.4 is 4.74 Å². The van der Waals surface area contributed by atoms with Crippen LogP contribution in [0.4, 0.5) is 0 Å². The molecule has 6 heteroatoms. The highest BCUT2D eigenvalue weighted by atomic mass is 16.6. The topological polar surface area (TPSA) is 88.5 Å². The van der Waals surface area contributed by atoms with Crippen molar-refractivity contribution in [2.45, 2.75) is 76.8 Å². The highest BCUT2D eigenvalue weighted by Crippen LogP contribution is 2.63. The molecule has 1 saturated heterocycles. The van der Waals surface area contributed by atoms with Crippen molar-refractivity contribution < 1.29 is 29.2 Å². The third kappa shape index (κ3) is 3.21. The summed E-state index contributed by atoms with van der Waals surface area (Å²) in [5, 5.41) is 21.4. The molecule has 1 aromatic rings. The number of hydrogen-bond acceptors (Lipinski definition) is 6. The van der Waals surface area contributed by atoms with Gasteiger partial charge in [-0.15, -0.1) is 0 Å². The van der Waals surface area contributed by atoms with E-state index in [1.165, 1.54) is 25.3 Å². The molecule has 1 aromatic carbocycles. The Balaban J connectivity index is 1.67. The van der Waals surface area contributed by atoms with Crippen LogP contribution >= 0.6 is 0 Å². The number of carbonyl (C=O) groups excluding carboxylic acids is 1. The largest absolute Gasteiger partial charge is 0.504 e. The van der Waals surface area contributed by atoms with Crippen LogP contribution in [-0.2, 0) is 9.47 Å². The van der Waals surface area contributed by atoms with E-state index in [1.807, 2.05) is 13.8 Å². The molecule has 29 heavy (non-hydrogen) atoms. The van der Waals surface area contributed by atoms with Gasteiger partial charge in [-0.25, -0.2) is 4.79 Å². The van der Waals surface area contributed by atoms with E-state index >= 15 is 0 Å². The molecular formula is C23H32O6. The Kier molecular flexibility index (Phi) is 4.67. The molecule has 0 unspecified atom stereocenters. The molecule has 1 heterocycles. The van der Waals surface area contributed by atoms with Crippen LogP contribution in [0.2, 0.25) is 0 Å². The molecule has 3 aliphatic rings. The number of methoxy groups -OCH3 is 1. The SMILES string of the molecule is COc1cc(C(=O)O[C@@H]2C[C@@]3(C)O[C@@H]3C[C@@]3(C)CC[C@@](O)(C(C)C)[C@@H]23)ccc1O. The lowest BCUT2D eigenvalue weighted by molar-refractivity contribution is -0.120. The molecule has 2 aliphatic carbocycles. The number of phenolic OH excluding ortho intramolecular Hbond substituents is 1. The highest BCUT2D eigenvalue weighted by molar-refractivity contribution is 5.90. The number of epoxide rings is 1. The summed E-state index contributed by atoms with van der Waals surface area (Å²) in [6.45, 7) is 8.36. The van der Waals surface area contributed by atoms with Crippen molar-refractivity contribution in [2.75, 3.05) is 7.11 Å². The molecule has 4 rings (SSSR count). The zero-order valence-corrected chi connectivity index (χ0v) is 17.9. The molecule has 0 spiro atoms. The van der Waals surface area contributed by atoms with E-state index in [4.69, 9.17) is 14.2 Å². The number of benzene rings is 1. The molecule has 1 aliphatic heterocycles. The van der Waals surface area contributed by atoms with Gasteiger partial charge in [-0.3, -0.25) is 0 Å². The molecular weight excluding hydrogens is 372 g/mol. The zero-order chi connectivity index (χ0) is 21.2. The fourth-order valence-electron chi connectivity index (χ4n) is 5.84. The molecule has 0 amide bonds. The van der Waals surface area contributed by atoms with Gasteiger partial charge in [0.05, 0.1) is 30.0 Å². The Morgan fingerprint density at radius 1 is 1.24 bits per heavy atom. The van der Waals surface area contributed by atoms with Gasteiger partial charge in [-0.2, -0.15) is 0 Å². The van der Waals surface area contributed by atoms with Gasteiger partial charge < -0.3 is 24.4 Å². The van der Waals surface area contributed by atoms with Gasteiger partial charge >= 0.3 is 5.97 Å². The van der Waals surface area contributed by atoms with Crippen molar-refractivity contribution in [2.24, 2.45) is 17.3 Å². The predicted molar refractivity (Wildman–Crippen MR) is 107 cm³/mol. The Labute approximate surface area is 172 Å². The second-order valence-corrected chi connectivity index (χ2v) is 9.94. The minimum absolute atomic E-state index is 0.0298. The van der Waals surface area contributed by atoms with Gasteiger partial charge in [0.15, 0.2) is 11.5 Å². The average Bonchev–Trinajstić information content (AvgIpc) is 3.19. The van der Waals surface area contributed by atoms with Crippen molar-refractivity contribution >= 4 is 5.97 Å². The first kappa shape index (κ1) is 20.5. The van der Waals surface area contributed by atoms with E-state index < -0.39 is 17.7 Å². The molecule has 2 N–H and O–H groups in total. The summed E-state index contributed by atoms with van der Waals surface area (Å²) in [6.07, 6.45) is 2.76. The Hall–Kier alpha value is -1.79. The van der Waals surface area contributed by atoms with Gasteiger partial charge in [0, 0.05) is 12.3 Å². The van der Waals surface area contributed by atoms with Crippen molar-refractivity contribution in [3.05, 3.63) is 23.8 Å². The fraction of sp³-hybridized carbons (Fsp3) is 0.696. The summed E-state index contributed by atoms with van der Waals surface area (Å²) in [5.74, 6) is -0.366. The molecule has 6 nitrogen and oxygen atoms in total. The Morgan fingerprint density at radius 3 is 2.62 bits per heavy atom. The molecule has 0 bridgehead atoms. The number of fused-ring (bicyclic) bond motifs is 2. The Morgan fingerprint density at radius 2 is 1.97 bits per heavy atom. The predicted octanol–water partition coefficient (Wildman–Crippen LogP) is 3.68. The van der Waals surface area contributed by atoms with Gasteiger partial charge in [-0.05, 0) is 55.7 Å². The average molecular weight is 405 g/mol. The van der Waals surface area contributed by atoms with E-state index in [1.54, 1.807) is 0 Å². The van der Waals surface area contributed by atoms with Crippen molar-refractivity contribution in [3.63, 3.8) is 0 Å². The van der Waals surface area contributed by atoms with Crippen LogP contribution in [0.15, 0.2) is 18.2 Å². The molecule has 6 atom stereocenters. The van der Waals surface area contributed by atoms with Crippen molar-refractivity contribution in [1.82, 2.24) is 0 Å². The summed E-state index contributed by atoms with van der Waals surface area (Å²) in [4.78, 5) is 13.0. The van der Waals surface area contributed by atoms with Gasteiger partial charge in [0.25, 0.3) is 0 Å². The monoisotopic (exact) mass is 404 g/mol. The third-order valence-electron chi connectivity index (χ3n) is 7.72. The standard InChI is InChI=1S/C23H32O6/c1-13(2)23(26)9-8-21(3)12-18-22(4,29-18)11-17(19(21)23)28-20(25)14-6-7-15(24)16(10-14)27-5/h6-7,10,13,17-19,24,26H,8-9,11-12H2,1-5H3/t17-,18-,19+,21-,22-,23-/m1/s1. The van der Waals surface area contributed by atoms with Crippen LogP contribution in [0.3, 0.4) is 0 Å². The lowest BCUT2D eigenvalue weighted by atomic mass is 9.67. The molecule has 0 aromatic heterocycles. The summed E-state index contributed by atoms with van der Waals surface area (Å²) in [5.41, 5.74) is -1.01. The first-order chi connectivity index (χ1) is 13.5. The number of carbonyl (C=O) groups is 1. The molecule has 3 fully saturated rings.